The third-order valence-electron chi connectivity index (χ3n) is 3.78. The Balaban J connectivity index is 1.84. The first-order valence-corrected chi connectivity index (χ1v) is 8.95. The molecule has 2 N–H and O–H groups in total. The lowest BCUT2D eigenvalue weighted by atomic mass is 10.2. The van der Waals surface area contributed by atoms with Gasteiger partial charge in [-0.15, -0.1) is 0 Å². The van der Waals surface area contributed by atoms with Crippen molar-refractivity contribution in [1.82, 2.24) is 5.32 Å². The van der Waals surface area contributed by atoms with Crippen LogP contribution in [0.5, 0.6) is 5.75 Å². The molecule has 8 heteroatoms. The van der Waals surface area contributed by atoms with Gasteiger partial charge in [0.1, 0.15) is 12.3 Å². The summed E-state index contributed by atoms with van der Waals surface area (Å²) in [6.07, 6.45) is -1.06. The van der Waals surface area contributed by atoms with Crippen LogP contribution < -0.4 is 15.4 Å². The van der Waals surface area contributed by atoms with Crippen molar-refractivity contribution in [3.05, 3.63) is 59.7 Å². The number of hydrogen-bond donors (Lipinski definition) is 2. The molecule has 150 valence electrons. The van der Waals surface area contributed by atoms with Gasteiger partial charge in [0.25, 0.3) is 11.8 Å². The van der Waals surface area contributed by atoms with Crippen LogP contribution in [0.1, 0.15) is 29.8 Å². The monoisotopic (exact) mass is 395 g/mol. The molecule has 0 radical (unpaired) electrons. The summed E-state index contributed by atoms with van der Waals surface area (Å²) in [5.74, 6) is -1.36. The van der Waals surface area contributed by atoms with Gasteiger partial charge in [-0.3, -0.25) is 14.4 Å². The first kappa shape index (κ1) is 21.4. The number of nitrogens with one attached hydrogen (secondary N) is 2. The van der Waals surface area contributed by atoms with E-state index in [2.05, 4.69) is 10.6 Å². The van der Waals surface area contributed by atoms with Crippen molar-refractivity contribution in [2.75, 3.05) is 18.5 Å². The molecule has 0 aliphatic rings. The lowest BCUT2D eigenvalue weighted by Gasteiger charge is -2.14. The van der Waals surface area contributed by atoms with E-state index in [1.165, 1.54) is 6.92 Å². The lowest BCUT2D eigenvalue weighted by molar-refractivity contribution is -0.152. The van der Waals surface area contributed by atoms with E-state index < -0.39 is 30.4 Å². The fourth-order valence-corrected chi connectivity index (χ4v) is 2.35. The summed E-state index contributed by atoms with van der Waals surface area (Å²) in [6, 6.07) is 14.9. The molecule has 0 bridgehead atoms. The molecule has 0 aromatic heterocycles. The van der Waals surface area contributed by atoms with Crippen molar-refractivity contribution in [2.45, 2.75) is 20.0 Å². The van der Waals surface area contributed by atoms with Gasteiger partial charge in [-0.2, -0.15) is 5.26 Å². The number of benzene rings is 2. The molecule has 2 aromatic rings. The van der Waals surface area contributed by atoms with Crippen LogP contribution in [0, 0.1) is 11.3 Å². The zero-order chi connectivity index (χ0) is 21.2. The highest BCUT2D eigenvalue weighted by molar-refractivity contribution is 5.99. The molecule has 0 heterocycles. The number of ether oxygens (including phenoxy) is 2. The molecule has 2 amide bonds. The Morgan fingerprint density at radius 3 is 2.45 bits per heavy atom. The van der Waals surface area contributed by atoms with Gasteiger partial charge >= 0.3 is 5.97 Å². The van der Waals surface area contributed by atoms with E-state index in [4.69, 9.17) is 14.7 Å². The number of amides is 2. The molecule has 2 aromatic carbocycles. The highest BCUT2D eigenvalue weighted by Gasteiger charge is 2.19. The molecule has 0 fully saturated rings. The summed E-state index contributed by atoms with van der Waals surface area (Å²) in [5, 5.41) is 13.8. The highest BCUT2D eigenvalue weighted by atomic mass is 16.5. The van der Waals surface area contributed by atoms with Gasteiger partial charge in [0.15, 0.2) is 6.10 Å². The number of esters is 1. The third kappa shape index (κ3) is 6.36. The molecular formula is C21H21N3O5. The maximum atomic E-state index is 12.3. The molecule has 0 unspecified atom stereocenters. The minimum absolute atomic E-state index is 0.300. The molecule has 0 aliphatic heterocycles. The molecule has 29 heavy (non-hydrogen) atoms. The third-order valence-corrected chi connectivity index (χ3v) is 3.78. The topological polar surface area (TPSA) is 118 Å². The Kier molecular flexibility index (Phi) is 7.74. The van der Waals surface area contributed by atoms with Gasteiger partial charge in [-0.1, -0.05) is 12.1 Å². The van der Waals surface area contributed by atoms with E-state index in [1.807, 2.05) is 6.07 Å². The summed E-state index contributed by atoms with van der Waals surface area (Å²) < 4.78 is 10.4. The van der Waals surface area contributed by atoms with E-state index in [-0.39, 0.29) is 0 Å². The second-order valence-corrected chi connectivity index (χ2v) is 5.92. The normalized spacial score (nSPS) is 10.9. The maximum Gasteiger partial charge on any atom is 0.326 e. The molecule has 0 saturated heterocycles. The first-order chi connectivity index (χ1) is 13.9. The van der Waals surface area contributed by atoms with Crippen molar-refractivity contribution >= 4 is 23.5 Å². The SMILES string of the molecule is CCOc1ccccc1C(=O)NCC(=O)O[C@@H](C)C(=O)Nc1ccc(C#N)cc1. The van der Waals surface area contributed by atoms with Gasteiger partial charge in [-0.25, -0.2) is 0 Å². The van der Waals surface area contributed by atoms with Crippen LogP contribution in [0.3, 0.4) is 0 Å². The number of rotatable bonds is 8. The number of carbonyl (C=O) groups excluding carboxylic acids is 3. The number of para-hydroxylation sites is 1. The molecule has 0 saturated carbocycles. The summed E-state index contributed by atoms with van der Waals surface area (Å²) in [7, 11) is 0. The second-order valence-electron chi connectivity index (χ2n) is 5.92. The zero-order valence-corrected chi connectivity index (χ0v) is 16.1. The number of carbonyl (C=O) groups is 3. The summed E-state index contributed by atoms with van der Waals surface area (Å²) in [6.45, 7) is 3.23. The minimum Gasteiger partial charge on any atom is -0.493 e. The highest BCUT2D eigenvalue weighted by Crippen LogP contribution is 2.17. The van der Waals surface area contributed by atoms with E-state index in [9.17, 15) is 14.4 Å². The maximum absolute atomic E-state index is 12.3. The van der Waals surface area contributed by atoms with Crippen LogP contribution in [-0.2, 0) is 14.3 Å². The Morgan fingerprint density at radius 1 is 1.10 bits per heavy atom. The van der Waals surface area contributed by atoms with E-state index in [0.29, 0.717) is 29.2 Å². The van der Waals surface area contributed by atoms with E-state index in [1.54, 1.807) is 55.5 Å². The van der Waals surface area contributed by atoms with Gasteiger partial charge in [-0.05, 0) is 50.2 Å². The van der Waals surface area contributed by atoms with E-state index >= 15 is 0 Å². The molecule has 0 aliphatic carbocycles. The quantitative estimate of drug-likeness (QED) is 0.662. The predicted octanol–water partition coefficient (Wildman–Crippen LogP) is 2.26. The lowest BCUT2D eigenvalue weighted by Crippen LogP contribution is -2.36. The molecule has 0 spiro atoms. The number of hydrogen-bond acceptors (Lipinski definition) is 6. The largest absolute Gasteiger partial charge is 0.493 e. The first-order valence-electron chi connectivity index (χ1n) is 8.95. The van der Waals surface area contributed by atoms with Gasteiger partial charge in [0.2, 0.25) is 0 Å². The smallest absolute Gasteiger partial charge is 0.326 e. The van der Waals surface area contributed by atoms with Crippen molar-refractivity contribution < 1.29 is 23.9 Å². The van der Waals surface area contributed by atoms with Crippen LogP contribution in [0.15, 0.2) is 48.5 Å². The standard InChI is InChI=1S/C21H21N3O5/c1-3-28-18-7-5-4-6-17(18)21(27)23-13-19(25)29-14(2)20(26)24-16-10-8-15(12-22)9-11-16/h4-11,14H,3,13H2,1-2H3,(H,23,27)(H,24,26)/t14-/m0/s1. The summed E-state index contributed by atoms with van der Waals surface area (Å²) in [5.41, 5.74) is 1.23. The minimum atomic E-state index is -1.06. The van der Waals surface area contributed by atoms with Crippen molar-refractivity contribution in [3.63, 3.8) is 0 Å². The fourth-order valence-electron chi connectivity index (χ4n) is 2.35. The Bertz CT molecular complexity index is 919. The zero-order valence-electron chi connectivity index (χ0n) is 16.1. The summed E-state index contributed by atoms with van der Waals surface area (Å²) >= 11 is 0. The average Bonchev–Trinajstić information content (AvgIpc) is 2.73. The molecule has 1 atom stereocenters. The Hall–Kier alpha value is -3.86. The van der Waals surface area contributed by atoms with Crippen molar-refractivity contribution in [2.24, 2.45) is 0 Å². The average molecular weight is 395 g/mol. The number of nitriles is 1. The van der Waals surface area contributed by atoms with Crippen LogP contribution in [-0.4, -0.2) is 37.0 Å². The van der Waals surface area contributed by atoms with Crippen LogP contribution >= 0.6 is 0 Å². The number of anilines is 1. The van der Waals surface area contributed by atoms with Crippen LogP contribution in [0.25, 0.3) is 0 Å². The van der Waals surface area contributed by atoms with Gasteiger partial charge in [0.05, 0.1) is 23.8 Å². The Morgan fingerprint density at radius 2 is 1.79 bits per heavy atom. The van der Waals surface area contributed by atoms with Gasteiger partial charge < -0.3 is 20.1 Å². The van der Waals surface area contributed by atoms with Crippen molar-refractivity contribution in [1.29, 1.82) is 5.26 Å². The van der Waals surface area contributed by atoms with Crippen molar-refractivity contribution in [3.8, 4) is 11.8 Å². The van der Waals surface area contributed by atoms with Crippen LogP contribution in [0.2, 0.25) is 0 Å². The second kappa shape index (κ2) is 10.5. The van der Waals surface area contributed by atoms with Gasteiger partial charge in [0, 0.05) is 5.69 Å². The number of nitrogens with zero attached hydrogens (tertiary/aromatic N) is 1. The Labute approximate surface area is 168 Å². The van der Waals surface area contributed by atoms with E-state index in [0.717, 1.165) is 0 Å². The fraction of sp³-hybridized carbons (Fsp3) is 0.238. The molecular weight excluding hydrogens is 374 g/mol. The predicted molar refractivity (Wildman–Crippen MR) is 105 cm³/mol. The molecule has 2 rings (SSSR count). The summed E-state index contributed by atoms with van der Waals surface area (Å²) in [4.78, 5) is 36.3. The van der Waals surface area contributed by atoms with Crippen LogP contribution in [0.4, 0.5) is 5.69 Å². The molecule has 8 nitrogen and oxygen atoms in total.